The minimum Gasteiger partial charge on any atom is -0.479 e. The SMILES string of the molecule is C[C@]12CC[C@@H](OC3O[C@H](C(=O)O)[C@@H](O)[C@H](O)[C@H]3O)CC1CC[C@@H]1[C@@H]2CC[C@]2(C)C(=O)CC[C@@H]12. The lowest BCUT2D eigenvalue weighted by atomic mass is 9.45. The highest BCUT2D eigenvalue weighted by atomic mass is 16.7. The molecule has 12 atom stereocenters. The van der Waals surface area contributed by atoms with Crippen LogP contribution in [0.25, 0.3) is 0 Å². The number of carbonyl (C=O) groups excluding carboxylic acids is 1. The van der Waals surface area contributed by atoms with E-state index in [0.29, 0.717) is 29.5 Å². The van der Waals surface area contributed by atoms with Crippen LogP contribution in [-0.2, 0) is 19.1 Å². The summed E-state index contributed by atoms with van der Waals surface area (Å²) in [4.78, 5) is 24.0. The monoisotopic (exact) mass is 466 g/mol. The Hall–Kier alpha value is -1.06. The van der Waals surface area contributed by atoms with E-state index in [4.69, 9.17) is 9.47 Å². The van der Waals surface area contributed by atoms with Gasteiger partial charge in [-0.25, -0.2) is 4.79 Å². The van der Waals surface area contributed by atoms with E-state index in [-0.39, 0.29) is 16.9 Å². The van der Waals surface area contributed by atoms with Crippen LogP contribution in [0.1, 0.15) is 71.6 Å². The van der Waals surface area contributed by atoms with Gasteiger partial charge in [-0.2, -0.15) is 0 Å². The van der Waals surface area contributed by atoms with E-state index in [9.17, 15) is 30.0 Å². The van der Waals surface area contributed by atoms with Gasteiger partial charge in [-0.1, -0.05) is 13.8 Å². The normalized spacial score (nSPS) is 54.3. The standard InChI is InChI=1S/C25H38O8/c1-24-9-7-13(32-23-20(29)18(27)19(28)21(33-23)22(30)31)11-12(24)3-4-14-15-5-6-17(26)25(15,2)10-8-16(14)24/h12-16,18-21,23,27-29H,3-11H2,1-2H3,(H,30,31)/t12?,13-,14+,15+,16+,18+,19+,20-,21+,23?,24+,25+/m1/s1. The van der Waals surface area contributed by atoms with Crippen molar-refractivity contribution in [2.45, 2.75) is 108 Å². The Bertz CT molecular complexity index is 801. The van der Waals surface area contributed by atoms with Gasteiger partial charge in [0, 0.05) is 11.8 Å². The van der Waals surface area contributed by atoms with Gasteiger partial charge in [-0.3, -0.25) is 4.79 Å². The molecule has 0 bridgehead atoms. The highest BCUT2D eigenvalue weighted by Gasteiger charge is 2.60. The van der Waals surface area contributed by atoms with E-state index in [1.165, 1.54) is 0 Å². The minimum absolute atomic E-state index is 0.120. The highest BCUT2D eigenvalue weighted by Crippen LogP contribution is 2.65. The van der Waals surface area contributed by atoms with Crippen molar-refractivity contribution in [2.24, 2.45) is 34.5 Å². The minimum atomic E-state index is -1.71. The van der Waals surface area contributed by atoms with E-state index < -0.39 is 36.7 Å². The molecule has 0 aromatic rings. The van der Waals surface area contributed by atoms with Gasteiger partial charge < -0.3 is 29.9 Å². The summed E-state index contributed by atoms with van der Waals surface area (Å²) in [6.07, 6.45) is 0.719. The third kappa shape index (κ3) is 3.59. The van der Waals surface area contributed by atoms with Gasteiger partial charge >= 0.3 is 5.97 Å². The number of carboxylic acids is 1. The first-order valence-corrected chi connectivity index (χ1v) is 12.7. The molecule has 0 aromatic heterocycles. The molecular formula is C25H38O8. The fraction of sp³-hybridized carbons (Fsp3) is 0.920. The summed E-state index contributed by atoms with van der Waals surface area (Å²) < 4.78 is 11.4. The van der Waals surface area contributed by atoms with Crippen molar-refractivity contribution in [1.29, 1.82) is 0 Å². The molecule has 4 aliphatic carbocycles. The molecule has 5 fully saturated rings. The molecule has 1 aliphatic heterocycles. The van der Waals surface area contributed by atoms with Gasteiger partial charge in [-0.15, -0.1) is 0 Å². The fourth-order valence-corrected chi connectivity index (χ4v) is 8.47. The number of aliphatic hydroxyl groups excluding tert-OH is 3. The second-order valence-electron chi connectivity index (χ2n) is 11.8. The number of rotatable bonds is 3. The van der Waals surface area contributed by atoms with Crippen molar-refractivity contribution in [3.8, 4) is 0 Å². The van der Waals surface area contributed by atoms with E-state index >= 15 is 0 Å². The van der Waals surface area contributed by atoms with Gasteiger partial charge in [0.25, 0.3) is 0 Å². The predicted octanol–water partition coefficient (Wildman–Crippen LogP) is 1.88. The molecule has 5 aliphatic rings. The van der Waals surface area contributed by atoms with E-state index in [2.05, 4.69) is 13.8 Å². The van der Waals surface area contributed by atoms with E-state index in [1.807, 2.05) is 0 Å². The van der Waals surface area contributed by atoms with E-state index in [1.54, 1.807) is 0 Å². The lowest BCUT2D eigenvalue weighted by molar-refractivity contribution is -0.309. The number of fused-ring (bicyclic) bond motifs is 5. The first-order valence-electron chi connectivity index (χ1n) is 12.7. The predicted molar refractivity (Wildman–Crippen MR) is 116 cm³/mol. The first kappa shape index (κ1) is 23.7. The summed E-state index contributed by atoms with van der Waals surface area (Å²) in [7, 11) is 0. The average Bonchev–Trinajstić information content (AvgIpc) is 3.08. The quantitative estimate of drug-likeness (QED) is 0.463. The fourth-order valence-electron chi connectivity index (χ4n) is 8.47. The zero-order valence-corrected chi connectivity index (χ0v) is 19.6. The van der Waals surface area contributed by atoms with Crippen LogP contribution >= 0.6 is 0 Å². The molecule has 2 unspecified atom stereocenters. The van der Waals surface area contributed by atoms with Crippen molar-refractivity contribution in [3.05, 3.63) is 0 Å². The van der Waals surface area contributed by atoms with Crippen molar-refractivity contribution in [1.82, 2.24) is 0 Å². The number of carboxylic acid groups (broad SMARTS) is 1. The number of carbonyl (C=O) groups is 2. The van der Waals surface area contributed by atoms with Crippen molar-refractivity contribution >= 4 is 11.8 Å². The number of aliphatic carboxylic acids is 1. The van der Waals surface area contributed by atoms with Crippen LogP contribution in [0.2, 0.25) is 0 Å². The maximum atomic E-state index is 12.6. The second kappa shape index (κ2) is 8.26. The molecule has 4 N–H and O–H groups in total. The van der Waals surface area contributed by atoms with Gasteiger partial charge in [0.15, 0.2) is 12.4 Å². The molecule has 1 saturated heterocycles. The summed E-state index contributed by atoms with van der Waals surface area (Å²) in [5.74, 6) is 1.28. The lowest BCUT2D eigenvalue weighted by Crippen LogP contribution is -2.61. The maximum absolute atomic E-state index is 12.6. The van der Waals surface area contributed by atoms with Crippen LogP contribution in [0.5, 0.6) is 0 Å². The third-order valence-corrected chi connectivity index (χ3v) is 10.5. The molecule has 1 heterocycles. The smallest absolute Gasteiger partial charge is 0.335 e. The van der Waals surface area contributed by atoms with Gasteiger partial charge in [-0.05, 0) is 80.5 Å². The summed E-state index contributed by atoms with van der Waals surface area (Å²) in [5.41, 5.74) is 0.0757. The van der Waals surface area contributed by atoms with Crippen LogP contribution in [0, 0.1) is 34.5 Å². The Morgan fingerprint density at radius 1 is 0.970 bits per heavy atom. The van der Waals surface area contributed by atoms with Gasteiger partial charge in [0.2, 0.25) is 0 Å². The molecule has 0 aromatic carbocycles. The molecule has 186 valence electrons. The lowest BCUT2D eigenvalue weighted by Gasteiger charge is -2.60. The Kier molecular flexibility index (Phi) is 5.93. The molecule has 8 heteroatoms. The summed E-state index contributed by atoms with van der Waals surface area (Å²) >= 11 is 0. The number of hydrogen-bond acceptors (Lipinski definition) is 7. The van der Waals surface area contributed by atoms with E-state index in [0.717, 1.165) is 57.8 Å². The Morgan fingerprint density at radius 3 is 2.45 bits per heavy atom. The van der Waals surface area contributed by atoms with Crippen LogP contribution < -0.4 is 0 Å². The van der Waals surface area contributed by atoms with Crippen molar-refractivity contribution < 1.29 is 39.5 Å². The Labute approximate surface area is 194 Å². The van der Waals surface area contributed by atoms with Gasteiger partial charge in [0.05, 0.1) is 6.10 Å². The van der Waals surface area contributed by atoms with Crippen LogP contribution in [-0.4, -0.2) is 69.0 Å². The molecule has 5 rings (SSSR count). The first-order chi connectivity index (χ1) is 15.6. The number of ketones is 1. The van der Waals surface area contributed by atoms with Crippen molar-refractivity contribution in [2.75, 3.05) is 0 Å². The molecule has 4 saturated carbocycles. The van der Waals surface area contributed by atoms with Gasteiger partial charge in [0.1, 0.15) is 24.1 Å². The average molecular weight is 467 g/mol. The Balaban J connectivity index is 1.26. The molecule has 8 nitrogen and oxygen atoms in total. The number of hydrogen-bond donors (Lipinski definition) is 4. The maximum Gasteiger partial charge on any atom is 0.335 e. The molecule has 0 radical (unpaired) electrons. The number of aliphatic hydroxyl groups is 3. The topological polar surface area (TPSA) is 134 Å². The number of Topliss-reactive ketones (excluding diaryl/α,β-unsaturated/α-hetero) is 1. The Morgan fingerprint density at radius 2 is 1.73 bits per heavy atom. The molecule has 0 spiro atoms. The summed E-state index contributed by atoms with van der Waals surface area (Å²) in [6, 6.07) is 0. The zero-order valence-electron chi connectivity index (χ0n) is 19.6. The third-order valence-electron chi connectivity index (χ3n) is 10.5. The summed E-state index contributed by atoms with van der Waals surface area (Å²) in [5, 5.41) is 39.6. The molecular weight excluding hydrogens is 428 g/mol. The molecule has 0 amide bonds. The van der Waals surface area contributed by atoms with Crippen LogP contribution in [0.3, 0.4) is 0 Å². The highest BCUT2D eigenvalue weighted by molar-refractivity contribution is 5.87. The second-order valence-corrected chi connectivity index (χ2v) is 11.8. The van der Waals surface area contributed by atoms with Crippen molar-refractivity contribution in [3.63, 3.8) is 0 Å². The largest absolute Gasteiger partial charge is 0.479 e. The molecule has 33 heavy (non-hydrogen) atoms. The zero-order chi connectivity index (χ0) is 23.7. The summed E-state index contributed by atoms with van der Waals surface area (Å²) in [6.45, 7) is 4.62. The van der Waals surface area contributed by atoms with Crippen LogP contribution in [0.15, 0.2) is 0 Å². The van der Waals surface area contributed by atoms with Crippen LogP contribution in [0.4, 0.5) is 0 Å². The number of ether oxygens (including phenoxy) is 2.